The predicted octanol–water partition coefficient (Wildman–Crippen LogP) is 3.27. The molecule has 0 saturated heterocycles. The summed E-state index contributed by atoms with van der Waals surface area (Å²) < 4.78 is 0. The Bertz CT molecular complexity index is 554. The number of hydrogen-bond acceptors (Lipinski definition) is 2. The van der Waals surface area contributed by atoms with Gasteiger partial charge in [0.2, 0.25) is 0 Å². The number of urea groups is 1. The Morgan fingerprint density at radius 2 is 2.00 bits per heavy atom. The molecule has 98 valence electrons. The van der Waals surface area contributed by atoms with E-state index in [1.807, 2.05) is 38.1 Å². The number of benzene rings is 1. The van der Waals surface area contributed by atoms with E-state index in [1.54, 1.807) is 24.5 Å². The van der Waals surface area contributed by atoms with Crippen molar-refractivity contribution in [2.75, 3.05) is 5.32 Å². The molecule has 4 nitrogen and oxygen atoms in total. The van der Waals surface area contributed by atoms with E-state index in [0.717, 1.165) is 11.1 Å². The molecule has 2 aromatic rings. The highest BCUT2D eigenvalue weighted by Gasteiger charge is 2.11. The van der Waals surface area contributed by atoms with Gasteiger partial charge in [0.05, 0.1) is 17.9 Å². The lowest BCUT2D eigenvalue weighted by atomic mass is 10.0. The van der Waals surface area contributed by atoms with E-state index < -0.39 is 0 Å². The van der Waals surface area contributed by atoms with Gasteiger partial charge in [0.25, 0.3) is 0 Å². The smallest absolute Gasteiger partial charge is 0.319 e. The predicted molar refractivity (Wildman–Crippen MR) is 76.0 cm³/mol. The lowest BCUT2D eigenvalue weighted by molar-refractivity contribution is 0.249. The van der Waals surface area contributed by atoms with E-state index in [4.69, 9.17) is 0 Å². The normalized spacial score (nSPS) is 11.7. The molecule has 0 aliphatic heterocycles. The number of anilines is 1. The summed E-state index contributed by atoms with van der Waals surface area (Å²) >= 11 is 0. The maximum atomic E-state index is 11.9. The van der Waals surface area contributed by atoms with Gasteiger partial charge in [-0.2, -0.15) is 0 Å². The highest BCUT2D eigenvalue weighted by Crippen LogP contribution is 2.16. The van der Waals surface area contributed by atoms with Crippen LogP contribution in [0.3, 0.4) is 0 Å². The lowest BCUT2D eigenvalue weighted by Gasteiger charge is -2.16. The van der Waals surface area contributed by atoms with E-state index in [9.17, 15) is 4.79 Å². The van der Waals surface area contributed by atoms with Crippen LogP contribution in [0.5, 0.6) is 0 Å². The fourth-order valence-corrected chi connectivity index (χ4v) is 1.95. The van der Waals surface area contributed by atoms with E-state index in [2.05, 4.69) is 15.6 Å². The third-order valence-corrected chi connectivity index (χ3v) is 2.92. The molecule has 0 fully saturated rings. The Morgan fingerprint density at radius 1 is 1.21 bits per heavy atom. The fourth-order valence-electron chi connectivity index (χ4n) is 1.95. The first kappa shape index (κ1) is 13.1. The van der Waals surface area contributed by atoms with Crippen LogP contribution in [0.25, 0.3) is 0 Å². The molecule has 1 atom stereocenters. The average Bonchev–Trinajstić information content (AvgIpc) is 2.40. The van der Waals surface area contributed by atoms with Crippen LogP contribution in [0.2, 0.25) is 0 Å². The first-order chi connectivity index (χ1) is 9.16. The molecular weight excluding hydrogens is 238 g/mol. The molecule has 1 aromatic heterocycles. The van der Waals surface area contributed by atoms with Crippen molar-refractivity contribution in [1.29, 1.82) is 0 Å². The van der Waals surface area contributed by atoms with Gasteiger partial charge in [-0.1, -0.05) is 24.3 Å². The standard InChI is InChI=1S/C15H17N3O/c1-11-6-3-4-8-14(11)12(2)17-15(19)18-13-7-5-9-16-10-13/h3-10,12H,1-2H3,(H2,17,18,19). The second-order valence-corrected chi connectivity index (χ2v) is 4.42. The third-order valence-electron chi connectivity index (χ3n) is 2.92. The van der Waals surface area contributed by atoms with Crippen molar-refractivity contribution in [1.82, 2.24) is 10.3 Å². The van der Waals surface area contributed by atoms with Crippen LogP contribution >= 0.6 is 0 Å². The number of carbonyl (C=O) groups excluding carboxylic acids is 1. The summed E-state index contributed by atoms with van der Waals surface area (Å²) in [6.45, 7) is 4.00. The molecule has 4 heteroatoms. The molecule has 0 bridgehead atoms. The van der Waals surface area contributed by atoms with Gasteiger partial charge in [-0.3, -0.25) is 4.98 Å². The Morgan fingerprint density at radius 3 is 2.68 bits per heavy atom. The van der Waals surface area contributed by atoms with Gasteiger partial charge < -0.3 is 10.6 Å². The van der Waals surface area contributed by atoms with Crippen molar-refractivity contribution in [2.24, 2.45) is 0 Å². The summed E-state index contributed by atoms with van der Waals surface area (Å²) in [5, 5.41) is 5.66. The number of carbonyl (C=O) groups is 1. The lowest BCUT2D eigenvalue weighted by Crippen LogP contribution is -2.31. The molecule has 1 aromatic carbocycles. The minimum Gasteiger partial charge on any atom is -0.331 e. The Labute approximate surface area is 112 Å². The molecule has 2 amide bonds. The van der Waals surface area contributed by atoms with Gasteiger partial charge in [-0.25, -0.2) is 4.79 Å². The van der Waals surface area contributed by atoms with E-state index in [-0.39, 0.29) is 12.1 Å². The molecular formula is C15H17N3O. The van der Waals surface area contributed by atoms with Gasteiger partial charge in [0.15, 0.2) is 0 Å². The van der Waals surface area contributed by atoms with Crippen molar-refractivity contribution >= 4 is 11.7 Å². The molecule has 1 heterocycles. The zero-order valence-corrected chi connectivity index (χ0v) is 11.1. The molecule has 2 N–H and O–H groups in total. The number of aryl methyl sites for hydroxylation is 1. The molecule has 19 heavy (non-hydrogen) atoms. The number of hydrogen-bond donors (Lipinski definition) is 2. The Balaban J connectivity index is 1.98. The van der Waals surface area contributed by atoms with Crippen molar-refractivity contribution < 1.29 is 4.79 Å². The summed E-state index contributed by atoms with van der Waals surface area (Å²) in [5.74, 6) is 0. The number of aromatic nitrogens is 1. The first-order valence-electron chi connectivity index (χ1n) is 6.20. The molecule has 0 saturated carbocycles. The van der Waals surface area contributed by atoms with Crippen LogP contribution in [0.1, 0.15) is 24.1 Å². The van der Waals surface area contributed by atoms with Gasteiger partial charge in [-0.05, 0) is 37.1 Å². The van der Waals surface area contributed by atoms with E-state index >= 15 is 0 Å². The second-order valence-electron chi connectivity index (χ2n) is 4.42. The summed E-state index contributed by atoms with van der Waals surface area (Å²) in [7, 11) is 0. The van der Waals surface area contributed by atoms with Crippen LogP contribution in [0.4, 0.5) is 10.5 Å². The Hall–Kier alpha value is -2.36. The van der Waals surface area contributed by atoms with Crippen LogP contribution in [0.15, 0.2) is 48.8 Å². The molecule has 0 aliphatic rings. The quantitative estimate of drug-likeness (QED) is 0.884. The monoisotopic (exact) mass is 255 g/mol. The fraction of sp³-hybridized carbons (Fsp3) is 0.200. The first-order valence-corrected chi connectivity index (χ1v) is 6.20. The molecule has 0 radical (unpaired) electrons. The van der Waals surface area contributed by atoms with E-state index in [0.29, 0.717) is 5.69 Å². The maximum Gasteiger partial charge on any atom is 0.319 e. The van der Waals surface area contributed by atoms with E-state index in [1.165, 1.54) is 0 Å². The molecule has 0 aliphatic carbocycles. The summed E-state index contributed by atoms with van der Waals surface area (Å²) in [6, 6.07) is 11.3. The maximum absolute atomic E-state index is 11.9. The van der Waals surface area contributed by atoms with Crippen LogP contribution in [-0.2, 0) is 0 Å². The number of rotatable bonds is 3. The molecule has 2 rings (SSSR count). The minimum absolute atomic E-state index is 0.0436. The third kappa shape index (κ3) is 3.55. The van der Waals surface area contributed by atoms with Crippen LogP contribution in [0, 0.1) is 6.92 Å². The SMILES string of the molecule is Cc1ccccc1C(C)NC(=O)Nc1cccnc1. The van der Waals surface area contributed by atoms with Crippen molar-refractivity contribution in [3.8, 4) is 0 Å². The average molecular weight is 255 g/mol. The molecule has 1 unspecified atom stereocenters. The van der Waals surface area contributed by atoms with Crippen molar-refractivity contribution in [2.45, 2.75) is 19.9 Å². The summed E-state index contributed by atoms with van der Waals surface area (Å²) in [5.41, 5.74) is 2.96. The molecule has 0 spiro atoms. The zero-order chi connectivity index (χ0) is 13.7. The number of nitrogens with one attached hydrogen (secondary N) is 2. The van der Waals surface area contributed by atoms with Gasteiger partial charge in [-0.15, -0.1) is 0 Å². The Kier molecular flexibility index (Phi) is 4.13. The number of pyridine rings is 1. The summed E-state index contributed by atoms with van der Waals surface area (Å²) in [6.07, 6.45) is 3.27. The zero-order valence-electron chi connectivity index (χ0n) is 11.1. The summed E-state index contributed by atoms with van der Waals surface area (Å²) in [4.78, 5) is 15.8. The van der Waals surface area contributed by atoms with Gasteiger partial charge in [0.1, 0.15) is 0 Å². The van der Waals surface area contributed by atoms with Gasteiger partial charge >= 0.3 is 6.03 Å². The minimum atomic E-state index is -0.233. The topological polar surface area (TPSA) is 54.0 Å². The van der Waals surface area contributed by atoms with Gasteiger partial charge in [0, 0.05) is 6.20 Å². The number of amides is 2. The van der Waals surface area contributed by atoms with Crippen LogP contribution < -0.4 is 10.6 Å². The largest absolute Gasteiger partial charge is 0.331 e. The van der Waals surface area contributed by atoms with Crippen LogP contribution in [-0.4, -0.2) is 11.0 Å². The highest BCUT2D eigenvalue weighted by molar-refractivity contribution is 5.89. The van der Waals surface area contributed by atoms with Crippen molar-refractivity contribution in [3.05, 3.63) is 59.9 Å². The van der Waals surface area contributed by atoms with Crippen molar-refractivity contribution in [3.63, 3.8) is 0 Å². The second kappa shape index (κ2) is 6.00. The number of nitrogens with zero attached hydrogens (tertiary/aromatic N) is 1. The highest BCUT2D eigenvalue weighted by atomic mass is 16.2.